The average molecular weight is 305 g/mol. The number of halogens is 1. The summed E-state index contributed by atoms with van der Waals surface area (Å²) >= 11 is 6.01. The first-order valence-electron chi connectivity index (χ1n) is 6.83. The van der Waals surface area contributed by atoms with E-state index in [0.29, 0.717) is 5.02 Å². The first kappa shape index (κ1) is 15.3. The summed E-state index contributed by atoms with van der Waals surface area (Å²) in [7, 11) is 0. The van der Waals surface area contributed by atoms with E-state index in [0.717, 1.165) is 41.6 Å². The number of carbonyl (C=O) groups is 1. The highest BCUT2D eigenvalue weighted by Gasteiger charge is 2.11. The van der Waals surface area contributed by atoms with E-state index in [9.17, 15) is 4.79 Å². The highest BCUT2D eigenvalue weighted by molar-refractivity contribution is 6.30. The van der Waals surface area contributed by atoms with Gasteiger partial charge in [0, 0.05) is 22.4 Å². The second-order valence-electron chi connectivity index (χ2n) is 4.62. The maximum Gasteiger partial charge on any atom is 0.328 e. The van der Waals surface area contributed by atoms with Crippen LogP contribution in [0.15, 0.2) is 30.3 Å². The van der Waals surface area contributed by atoms with Crippen molar-refractivity contribution in [2.24, 2.45) is 0 Å². The molecule has 0 unspecified atom stereocenters. The lowest BCUT2D eigenvalue weighted by molar-refractivity contribution is -0.131. The summed E-state index contributed by atoms with van der Waals surface area (Å²) in [5.41, 5.74) is 3.65. The molecule has 0 aliphatic carbocycles. The Kier molecular flexibility index (Phi) is 4.81. The minimum Gasteiger partial charge on any atom is -0.478 e. The number of rotatable bonds is 5. The van der Waals surface area contributed by atoms with Gasteiger partial charge < -0.3 is 5.11 Å². The summed E-state index contributed by atoms with van der Waals surface area (Å²) in [6, 6.07) is 7.44. The van der Waals surface area contributed by atoms with Gasteiger partial charge in [-0.15, -0.1) is 0 Å². The summed E-state index contributed by atoms with van der Waals surface area (Å²) in [6.07, 6.45) is 4.34. The van der Waals surface area contributed by atoms with Gasteiger partial charge in [0.25, 0.3) is 0 Å². The summed E-state index contributed by atoms with van der Waals surface area (Å²) in [5, 5.41) is 13.9. The van der Waals surface area contributed by atoms with Crippen molar-refractivity contribution in [2.45, 2.75) is 26.7 Å². The Morgan fingerprint density at radius 3 is 2.71 bits per heavy atom. The number of aliphatic carboxylic acids is 1. The van der Waals surface area contributed by atoms with E-state index in [1.807, 2.05) is 10.7 Å². The zero-order valence-corrected chi connectivity index (χ0v) is 12.8. The molecule has 0 radical (unpaired) electrons. The molecule has 2 aromatic rings. The largest absolute Gasteiger partial charge is 0.478 e. The van der Waals surface area contributed by atoms with Crippen molar-refractivity contribution in [1.82, 2.24) is 9.78 Å². The van der Waals surface area contributed by atoms with Crippen molar-refractivity contribution in [3.05, 3.63) is 52.3 Å². The molecule has 21 heavy (non-hydrogen) atoms. The fourth-order valence-corrected chi connectivity index (χ4v) is 2.30. The van der Waals surface area contributed by atoms with Crippen LogP contribution in [-0.4, -0.2) is 20.9 Å². The molecule has 0 spiro atoms. The number of aryl methyl sites for hydroxylation is 2. The van der Waals surface area contributed by atoms with E-state index in [1.165, 1.54) is 6.08 Å². The first-order chi connectivity index (χ1) is 10.0. The van der Waals surface area contributed by atoms with E-state index >= 15 is 0 Å². The predicted molar refractivity (Wildman–Crippen MR) is 84.0 cm³/mol. The Bertz CT molecular complexity index is 690. The van der Waals surface area contributed by atoms with Crippen molar-refractivity contribution in [3.8, 4) is 5.69 Å². The van der Waals surface area contributed by atoms with E-state index in [4.69, 9.17) is 16.7 Å². The van der Waals surface area contributed by atoms with Crippen LogP contribution >= 0.6 is 11.6 Å². The summed E-state index contributed by atoms with van der Waals surface area (Å²) in [4.78, 5) is 10.7. The maximum atomic E-state index is 10.7. The first-order valence-corrected chi connectivity index (χ1v) is 7.21. The molecule has 0 atom stereocenters. The molecule has 4 nitrogen and oxygen atoms in total. The molecule has 1 heterocycles. The van der Waals surface area contributed by atoms with Crippen LogP contribution in [0.1, 0.15) is 30.8 Å². The number of benzene rings is 1. The fourth-order valence-electron chi connectivity index (χ4n) is 2.12. The van der Waals surface area contributed by atoms with Crippen LogP contribution < -0.4 is 0 Å². The third-order valence-corrected chi connectivity index (χ3v) is 3.42. The van der Waals surface area contributed by atoms with Gasteiger partial charge in [-0.3, -0.25) is 0 Å². The molecule has 0 amide bonds. The quantitative estimate of drug-likeness (QED) is 0.856. The van der Waals surface area contributed by atoms with Crippen LogP contribution in [0.3, 0.4) is 0 Å². The molecule has 1 N–H and O–H groups in total. The number of hydrogen-bond acceptors (Lipinski definition) is 2. The van der Waals surface area contributed by atoms with Gasteiger partial charge in [-0.2, -0.15) is 5.10 Å². The maximum absolute atomic E-state index is 10.7. The normalized spacial score (nSPS) is 11.2. The summed E-state index contributed by atoms with van der Waals surface area (Å²) in [5.74, 6) is -0.994. The Labute approximate surface area is 128 Å². The van der Waals surface area contributed by atoms with Crippen molar-refractivity contribution >= 4 is 23.6 Å². The molecule has 110 valence electrons. The molecule has 0 saturated carbocycles. The second kappa shape index (κ2) is 6.59. The molecule has 0 bridgehead atoms. The minimum absolute atomic E-state index is 0.560. The smallest absolute Gasteiger partial charge is 0.328 e. The number of carboxylic acids is 1. The van der Waals surface area contributed by atoms with E-state index in [-0.39, 0.29) is 0 Å². The van der Waals surface area contributed by atoms with Crippen LogP contribution in [0.4, 0.5) is 0 Å². The summed E-state index contributed by atoms with van der Waals surface area (Å²) < 4.78 is 1.86. The standard InChI is InChI=1S/C16H17ClN2O2/c1-3-13-10-14(4-2)19(18-13)15-7-6-12(17)9-11(15)5-8-16(20)21/h5-10H,3-4H2,1-2H3,(H,20,21)/b8-5+. The van der Waals surface area contributed by atoms with Gasteiger partial charge in [-0.25, -0.2) is 9.48 Å². The Morgan fingerprint density at radius 1 is 1.33 bits per heavy atom. The predicted octanol–water partition coefficient (Wildman–Crippen LogP) is 3.75. The second-order valence-corrected chi connectivity index (χ2v) is 5.06. The third-order valence-electron chi connectivity index (χ3n) is 3.18. The van der Waals surface area contributed by atoms with Gasteiger partial charge in [-0.1, -0.05) is 25.4 Å². The van der Waals surface area contributed by atoms with Crippen molar-refractivity contribution in [1.29, 1.82) is 0 Å². The highest BCUT2D eigenvalue weighted by atomic mass is 35.5. The summed E-state index contributed by atoms with van der Waals surface area (Å²) in [6.45, 7) is 4.12. The molecule has 0 saturated heterocycles. The average Bonchev–Trinajstić information content (AvgIpc) is 2.88. The highest BCUT2D eigenvalue weighted by Crippen LogP contribution is 2.23. The molecule has 0 aliphatic heterocycles. The SMILES string of the molecule is CCc1cc(CC)n(-c2ccc(Cl)cc2/C=C/C(=O)O)n1. The monoisotopic (exact) mass is 304 g/mol. The number of hydrogen-bond donors (Lipinski definition) is 1. The molecule has 0 fully saturated rings. The van der Waals surface area contributed by atoms with E-state index < -0.39 is 5.97 Å². The number of carboxylic acid groups (broad SMARTS) is 1. The van der Waals surface area contributed by atoms with Crippen LogP contribution in [0, 0.1) is 0 Å². The molecule has 5 heteroatoms. The van der Waals surface area contributed by atoms with Gasteiger partial charge in [0.1, 0.15) is 0 Å². The lowest BCUT2D eigenvalue weighted by Crippen LogP contribution is -2.04. The van der Waals surface area contributed by atoms with Gasteiger partial charge in [0.05, 0.1) is 11.4 Å². The van der Waals surface area contributed by atoms with Crippen molar-refractivity contribution in [2.75, 3.05) is 0 Å². The van der Waals surface area contributed by atoms with Crippen molar-refractivity contribution < 1.29 is 9.90 Å². The number of aromatic nitrogens is 2. The zero-order valence-electron chi connectivity index (χ0n) is 12.0. The van der Waals surface area contributed by atoms with E-state index in [1.54, 1.807) is 12.1 Å². The zero-order chi connectivity index (χ0) is 15.4. The lowest BCUT2D eigenvalue weighted by Gasteiger charge is -2.10. The Balaban J connectivity index is 2.57. The van der Waals surface area contributed by atoms with Gasteiger partial charge >= 0.3 is 5.97 Å². The minimum atomic E-state index is -0.994. The van der Waals surface area contributed by atoms with Gasteiger partial charge in [0.15, 0.2) is 0 Å². The molecular formula is C16H17ClN2O2. The molecule has 1 aromatic carbocycles. The molecule has 2 rings (SSSR count). The fraction of sp³-hybridized carbons (Fsp3) is 0.250. The van der Waals surface area contributed by atoms with Crippen LogP contribution in [0.25, 0.3) is 11.8 Å². The number of nitrogens with zero attached hydrogens (tertiary/aromatic N) is 2. The molecule has 0 aliphatic rings. The third kappa shape index (κ3) is 3.52. The van der Waals surface area contributed by atoms with Crippen LogP contribution in [-0.2, 0) is 17.6 Å². The molecule has 1 aromatic heterocycles. The van der Waals surface area contributed by atoms with E-state index in [2.05, 4.69) is 25.0 Å². The van der Waals surface area contributed by atoms with Crippen molar-refractivity contribution in [3.63, 3.8) is 0 Å². The van der Waals surface area contributed by atoms with Gasteiger partial charge in [-0.05, 0) is 43.2 Å². The lowest BCUT2D eigenvalue weighted by atomic mass is 10.1. The Morgan fingerprint density at radius 2 is 2.10 bits per heavy atom. The van der Waals surface area contributed by atoms with Crippen LogP contribution in [0.5, 0.6) is 0 Å². The van der Waals surface area contributed by atoms with Gasteiger partial charge in [0.2, 0.25) is 0 Å². The van der Waals surface area contributed by atoms with Crippen LogP contribution in [0.2, 0.25) is 5.02 Å². The topological polar surface area (TPSA) is 55.1 Å². The molecular weight excluding hydrogens is 288 g/mol. The Hall–Kier alpha value is -2.07.